The van der Waals surface area contributed by atoms with E-state index in [9.17, 15) is 0 Å². The minimum atomic E-state index is 0.284. The fourth-order valence-electron chi connectivity index (χ4n) is 3.49. The number of nitrogens with zero attached hydrogens (tertiary/aromatic N) is 4. The molecule has 0 aliphatic rings. The molecule has 0 unspecified atom stereocenters. The van der Waals surface area contributed by atoms with E-state index in [0.717, 1.165) is 45.6 Å². The van der Waals surface area contributed by atoms with Gasteiger partial charge in [0.1, 0.15) is 24.7 Å². The van der Waals surface area contributed by atoms with Gasteiger partial charge in [-0.25, -0.2) is 10.1 Å². The molecule has 7 nitrogen and oxygen atoms in total. The van der Waals surface area contributed by atoms with Crippen LogP contribution in [0.4, 0.5) is 0 Å². The van der Waals surface area contributed by atoms with Crippen LogP contribution in [0.25, 0.3) is 10.9 Å². The quantitative estimate of drug-likeness (QED) is 0.396. The van der Waals surface area contributed by atoms with E-state index in [1.54, 1.807) is 0 Å². The summed E-state index contributed by atoms with van der Waals surface area (Å²) in [6.45, 7) is 0.700. The Morgan fingerprint density at radius 3 is 2.62 bits per heavy atom. The van der Waals surface area contributed by atoms with Crippen LogP contribution >= 0.6 is 0 Å². The zero-order valence-corrected chi connectivity index (χ0v) is 17.3. The van der Waals surface area contributed by atoms with E-state index in [-0.39, 0.29) is 6.61 Å². The first kappa shape index (κ1) is 19.7. The van der Waals surface area contributed by atoms with Gasteiger partial charge in [0, 0.05) is 11.8 Å². The number of hydrogen-bond acceptors (Lipinski definition) is 6. The third-order valence-corrected chi connectivity index (χ3v) is 5.06. The number of para-hydroxylation sites is 2. The molecule has 0 saturated carbocycles. The SMILES string of the molecule is c1cc(Cc2ccccc2OCc2nnn[nH]2)cc(OCc2ccc3ccccc3n2)c1. The first-order chi connectivity index (χ1) is 15.8. The minimum absolute atomic E-state index is 0.284. The first-order valence-electron chi connectivity index (χ1n) is 10.3. The summed E-state index contributed by atoms with van der Waals surface area (Å²) >= 11 is 0. The Balaban J connectivity index is 1.26. The van der Waals surface area contributed by atoms with Gasteiger partial charge in [0.15, 0.2) is 5.82 Å². The highest BCUT2D eigenvalue weighted by molar-refractivity contribution is 5.78. The molecule has 2 heterocycles. The van der Waals surface area contributed by atoms with Gasteiger partial charge in [-0.3, -0.25) is 0 Å². The second-order valence-electron chi connectivity index (χ2n) is 7.35. The third-order valence-electron chi connectivity index (χ3n) is 5.06. The lowest BCUT2D eigenvalue weighted by Gasteiger charge is -2.12. The van der Waals surface area contributed by atoms with Crippen molar-refractivity contribution in [2.45, 2.75) is 19.6 Å². The van der Waals surface area contributed by atoms with Gasteiger partial charge >= 0.3 is 0 Å². The van der Waals surface area contributed by atoms with Gasteiger partial charge < -0.3 is 9.47 Å². The Hall–Kier alpha value is -4.26. The van der Waals surface area contributed by atoms with Crippen molar-refractivity contribution in [1.82, 2.24) is 25.6 Å². The monoisotopic (exact) mass is 423 g/mol. The van der Waals surface area contributed by atoms with Crippen LogP contribution in [-0.4, -0.2) is 25.6 Å². The van der Waals surface area contributed by atoms with E-state index in [1.165, 1.54) is 0 Å². The van der Waals surface area contributed by atoms with Crippen molar-refractivity contribution < 1.29 is 9.47 Å². The molecule has 0 fully saturated rings. The highest BCUT2D eigenvalue weighted by Crippen LogP contribution is 2.24. The topological polar surface area (TPSA) is 85.8 Å². The lowest BCUT2D eigenvalue weighted by molar-refractivity contribution is 0.293. The van der Waals surface area contributed by atoms with Crippen molar-refractivity contribution in [2.24, 2.45) is 0 Å². The number of pyridine rings is 1. The average Bonchev–Trinajstić information content (AvgIpc) is 3.36. The zero-order chi connectivity index (χ0) is 21.6. The number of aromatic amines is 1. The summed E-state index contributed by atoms with van der Waals surface area (Å²) < 4.78 is 11.9. The maximum atomic E-state index is 6.03. The second kappa shape index (κ2) is 9.26. The molecule has 0 atom stereocenters. The molecule has 32 heavy (non-hydrogen) atoms. The first-order valence-corrected chi connectivity index (χ1v) is 10.3. The van der Waals surface area contributed by atoms with Crippen molar-refractivity contribution in [3.63, 3.8) is 0 Å². The van der Waals surface area contributed by atoms with Gasteiger partial charge in [0.25, 0.3) is 0 Å². The molecule has 5 aromatic rings. The van der Waals surface area contributed by atoms with Crippen LogP contribution in [0, 0.1) is 0 Å². The molecule has 0 aliphatic carbocycles. The van der Waals surface area contributed by atoms with E-state index in [0.29, 0.717) is 12.4 Å². The zero-order valence-electron chi connectivity index (χ0n) is 17.3. The van der Waals surface area contributed by atoms with Crippen molar-refractivity contribution in [2.75, 3.05) is 0 Å². The van der Waals surface area contributed by atoms with Crippen LogP contribution in [0.2, 0.25) is 0 Å². The summed E-state index contributed by atoms with van der Waals surface area (Å²) in [6.07, 6.45) is 0.719. The number of nitrogens with one attached hydrogen (secondary N) is 1. The Labute approximate surface area is 185 Å². The van der Waals surface area contributed by atoms with Crippen molar-refractivity contribution in [3.8, 4) is 11.5 Å². The number of fused-ring (bicyclic) bond motifs is 1. The molecule has 0 saturated heterocycles. The summed E-state index contributed by atoms with van der Waals surface area (Å²) in [5, 5.41) is 14.8. The van der Waals surface area contributed by atoms with E-state index in [1.807, 2.05) is 54.6 Å². The van der Waals surface area contributed by atoms with Gasteiger partial charge in [-0.15, -0.1) is 5.10 Å². The number of H-pyrrole nitrogens is 1. The van der Waals surface area contributed by atoms with Crippen LogP contribution in [-0.2, 0) is 19.6 Å². The molecule has 0 amide bonds. The minimum Gasteiger partial charge on any atom is -0.487 e. The molecule has 158 valence electrons. The van der Waals surface area contributed by atoms with Crippen LogP contribution in [0.1, 0.15) is 22.6 Å². The van der Waals surface area contributed by atoms with E-state index >= 15 is 0 Å². The molecule has 0 aliphatic heterocycles. The second-order valence-corrected chi connectivity index (χ2v) is 7.35. The predicted octanol–water partition coefficient (Wildman–Crippen LogP) is 4.50. The van der Waals surface area contributed by atoms with Crippen LogP contribution < -0.4 is 9.47 Å². The highest BCUT2D eigenvalue weighted by Gasteiger charge is 2.07. The van der Waals surface area contributed by atoms with Crippen LogP contribution in [0.15, 0.2) is 84.9 Å². The Morgan fingerprint density at radius 2 is 1.69 bits per heavy atom. The number of rotatable bonds is 8. The lowest BCUT2D eigenvalue weighted by Crippen LogP contribution is -2.01. The lowest BCUT2D eigenvalue weighted by atomic mass is 10.0. The van der Waals surface area contributed by atoms with E-state index < -0.39 is 0 Å². The molecular weight excluding hydrogens is 402 g/mol. The maximum Gasteiger partial charge on any atom is 0.186 e. The Morgan fingerprint density at radius 1 is 0.781 bits per heavy atom. The predicted molar refractivity (Wildman–Crippen MR) is 120 cm³/mol. The Kier molecular flexibility index (Phi) is 5.70. The van der Waals surface area contributed by atoms with Gasteiger partial charge in [-0.2, -0.15) is 0 Å². The molecule has 0 radical (unpaired) electrons. The summed E-state index contributed by atoms with van der Waals surface area (Å²) in [4.78, 5) is 4.68. The average molecular weight is 423 g/mol. The molecule has 7 heteroatoms. The van der Waals surface area contributed by atoms with Crippen LogP contribution in [0.5, 0.6) is 11.5 Å². The third kappa shape index (κ3) is 4.73. The van der Waals surface area contributed by atoms with Crippen molar-refractivity contribution in [3.05, 3.63) is 108 Å². The van der Waals surface area contributed by atoms with Crippen molar-refractivity contribution >= 4 is 10.9 Å². The molecule has 1 N–H and O–H groups in total. The number of aromatic nitrogens is 5. The summed E-state index contributed by atoms with van der Waals surface area (Å²) in [7, 11) is 0. The van der Waals surface area contributed by atoms with Gasteiger partial charge in [-0.1, -0.05) is 54.6 Å². The molecule has 0 bridgehead atoms. The van der Waals surface area contributed by atoms with Gasteiger partial charge in [0.2, 0.25) is 0 Å². The number of tetrazole rings is 1. The van der Waals surface area contributed by atoms with E-state index in [4.69, 9.17) is 9.47 Å². The standard InChI is InChI=1S/C25H21N5O2/c1-3-10-23-19(7-1)12-13-21(26-23)16-31-22-9-5-6-18(15-22)14-20-8-2-4-11-24(20)32-17-25-27-29-30-28-25/h1-13,15H,14,16-17H2,(H,27,28,29,30). The fourth-order valence-corrected chi connectivity index (χ4v) is 3.49. The molecule has 0 spiro atoms. The maximum absolute atomic E-state index is 6.03. The molecule has 5 rings (SSSR count). The largest absolute Gasteiger partial charge is 0.487 e. The Bertz CT molecular complexity index is 1320. The number of benzene rings is 3. The highest BCUT2D eigenvalue weighted by atomic mass is 16.5. The fraction of sp³-hybridized carbons (Fsp3) is 0.120. The number of hydrogen-bond donors (Lipinski definition) is 1. The van der Waals surface area contributed by atoms with E-state index in [2.05, 4.69) is 55.9 Å². The number of ether oxygens (including phenoxy) is 2. The van der Waals surface area contributed by atoms with Crippen LogP contribution in [0.3, 0.4) is 0 Å². The normalized spacial score (nSPS) is 10.9. The van der Waals surface area contributed by atoms with Crippen molar-refractivity contribution in [1.29, 1.82) is 0 Å². The molecule has 3 aromatic carbocycles. The van der Waals surface area contributed by atoms with Gasteiger partial charge in [-0.05, 0) is 51.9 Å². The molecular formula is C25H21N5O2. The molecule has 2 aromatic heterocycles. The summed E-state index contributed by atoms with van der Waals surface area (Å²) in [5.74, 6) is 2.19. The smallest absolute Gasteiger partial charge is 0.186 e. The summed E-state index contributed by atoms with van der Waals surface area (Å²) in [6, 6.07) is 28.2. The van der Waals surface area contributed by atoms with Gasteiger partial charge in [0.05, 0.1) is 11.2 Å². The summed E-state index contributed by atoms with van der Waals surface area (Å²) in [5.41, 5.74) is 4.08.